The Kier molecular flexibility index (Phi) is 3.57. The van der Waals surface area contributed by atoms with Crippen molar-refractivity contribution in [3.8, 4) is 0 Å². The summed E-state index contributed by atoms with van der Waals surface area (Å²) in [6, 6.07) is 5.94. The number of likely N-dealkylation sites (tertiary alicyclic amines) is 1. The number of nitrogens with zero attached hydrogens (tertiary/aromatic N) is 2. The molecule has 1 aromatic rings. The number of nitro groups is 1. The molecule has 1 N–H and O–H groups in total. The minimum Gasteiger partial charge on any atom is -0.480 e. The predicted molar refractivity (Wildman–Crippen MR) is 64.2 cm³/mol. The molecule has 0 saturated carbocycles. The van der Waals surface area contributed by atoms with E-state index in [-0.39, 0.29) is 5.69 Å². The van der Waals surface area contributed by atoms with E-state index in [1.807, 2.05) is 0 Å². The highest BCUT2D eigenvalue weighted by atomic mass is 16.6. The summed E-state index contributed by atoms with van der Waals surface area (Å²) < 4.78 is 0. The molecule has 18 heavy (non-hydrogen) atoms. The Balaban J connectivity index is 2.19. The van der Waals surface area contributed by atoms with E-state index >= 15 is 0 Å². The monoisotopic (exact) mass is 250 g/mol. The smallest absolute Gasteiger partial charge is 0.320 e. The van der Waals surface area contributed by atoms with Crippen molar-refractivity contribution < 1.29 is 14.8 Å². The average Bonchev–Trinajstić information content (AvgIpc) is 2.77. The van der Waals surface area contributed by atoms with E-state index in [0.29, 0.717) is 25.1 Å². The van der Waals surface area contributed by atoms with Gasteiger partial charge in [0.15, 0.2) is 0 Å². The minimum absolute atomic E-state index is 0.0496. The molecule has 2 rings (SSSR count). The van der Waals surface area contributed by atoms with Crippen LogP contribution in [0, 0.1) is 10.1 Å². The molecule has 0 aromatic heterocycles. The maximum absolute atomic E-state index is 11.0. The van der Waals surface area contributed by atoms with Crippen molar-refractivity contribution >= 4 is 11.7 Å². The van der Waals surface area contributed by atoms with Crippen LogP contribution in [0.1, 0.15) is 18.4 Å². The second-order valence-electron chi connectivity index (χ2n) is 4.35. The molecule has 96 valence electrons. The number of hydrogen-bond acceptors (Lipinski definition) is 4. The van der Waals surface area contributed by atoms with Gasteiger partial charge in [-0.05, 0) is 19.4 Å². The van der Waals surface area contributed by atoms with E-state index in [1.54, 1.807) is 23.1 Å². The van der Waals surface area contributed by atoms with E-state index in [2.05, 4.69) is 0 Å². The number of nitro benzene ring substituents is 1. The molecule has 1 aliphatic heterocycles. The summed E-state index contributed by atoms with van der Waals surface area (Å²) in [5.74, 6) is -0.855. The molecule has 1 aromatic carbocycles. The third-order valence-electron chi connectivity index (χ3n) is 3.21. The number of benzene rings is 1. The molecule has 0 radical (unpaired) electrons. The maximum atomic E-state index is 11.0. The maximum Gasteiger partial charge on any atom is 0.320 e. The van der Waals surface area contributed by atoms with Crippen LogP contribution in [0.25, 0.3) is 0 Å². The normalized spacial score (nSPS) is 19.9. The lowest BCUT2D eigenvalue weighted by atomic mass is 10.1. The number of carboxylic acids is 1. The van der Waals surface area contributed by atoms with E-state index in [9.17, 15) is 14.9 Å². The first-order chi connectivity index (χ1) is 8.59. The van der Waals surface area contributed by atoms with Gasteiger partial charge in [-0.15, -0.1) is 0 Å². The summed E-state index contributed by atoms with van der Waals surface area (Å²) in [4.78, 5) is 23.3. The summed E-state index contributed by atoms with van der Waals surface area (Å²) in [5.41, 5.74) is 0.615. The van der Waals surface area contributed by atoms with Crippen molar-refractivity contribution in [3.05, 3.63) is 39.9 Å². The summed E-state index contributed by atoms with van der Waals surface area (Å²) in [7, 11) is 0. The molecule has 6 nitrogen and oxygen atoms in total. The van der Waals surface area contributed by atoms with Gasteiger partial charge in [0.1, 0.15) is 6.04 Å². The van der Waals surface area contributed by atoms with Crippen LogP contribution < -0.4 is 0 Å². The predicted octanol–water partition coefficient (Wildman–Crippen LogP) is 1.64. The summed E-state index contributed by atoms with van der Waals surface area (Å²) in [5, 5.41) is 19.9. The van der Waals surface area contributed by atoms with Crippen LogP contribution in [-0.2, 0) is 11.3 Å². The summed E-state index contributed by atoms with van der Waals surface area (Å²) >= 11 is 0. The van der Waals surface area contributed by atoms with Gasteiger partial charge in [-0.2, -0.15) is 0 Å². The molecule has 1 atom stereocenters. The van der Waals surface area contributed by atoms with E-state index < -0.39 is 16.9 Å². The Morgan fingerprint density at radius 2 is 2.22 bits per heavy atom. The molecule has 1 fully saturated rings. The number of hydrogen-bond donors (Lipinski definition) is 1. The minimum atomic E-state index is -0.855. The first-order valence-corrected chi connectivity index (χ1v) is 5.78. The van der Waals surface area contributed by atoms with Crippen LogP contribution in [0.4, 0.5) is 5.69 Å². The number of aliphatic carboxylic acids is 1. The van der Waals surface area contributed by atoms with Crippen LogP contribution in [-0.4, -0.2) is 33.5 Å². The molecule has 1 aliphatic rings. The van der Waals surface area contributed by atoms with Gasteiger partial charge in [0.2, 0.25) is 0 Å². The van der Waals surface area contributed by atoms with Gasteiger partial charge in [0.05, 0.1) is 4.92 Å². The lowest BCUT2D eigenvalue weighted by Gasteiger charge is -2.20. The molecule has 1 heterocycles. The fourth-order valence-electron chi connectivity index (χ4n) is 2.34. The van der Waals surface area contributed by atoms with Crippen molar-refractivity contribution in [2.75, 3.05) is 6.54 Å². The zero-order valence-electron chi connectivity index (χ0n) is 9.78. The van der Waals surface area contributed by atoms with Crippen molar-refractivity contribution in [1.82, 2.24) is 4.90 Å². The SMILES string of the molecule is O=C(O)[C@H]1CCCN1Cc1ccccc1[N+](=O)[O-]. The molecule has 0 unspecified atom stereocenters. The average molecular weight is 250 g/mol. The molecule has 0 spiro atoms. The number of rotatable bonds is 4. The zero-order chi connectivity index (χ0) is 13.1. The highest BCUT2D eigenvalue weighted by Crippen LogP contribution is 2.24. The molecular formula is C12H14N2O4. The topological polar surface area (TPSA) is 83.7 Å². The van der Waals surface area contributed by atoms with Gasteiger partial charge < -0.3 is 5.11 Å². The number of carboxylic acid groups (broad SMARTS) is 1. The summed E-state index contributed by atoms with van der Waals surface area (Å²) in [6.45, 7) is 0.983. The summed E-state index contributed by atoms with van der Waals surface area (Å²) in [6.07, 6.45) is 1.42. The molecular weight excluding hydrogens is 236 g/mol. The largest absolute Gasteiger partial charge is 0.480 e. The Morgan fingerprint density at radius 1 is 1.50 bits per heavy atom. The van der Waals surface area contributed by atoms with Crippen LogP contribution in [0.5, 0.6) is 0 Å². The third kappa shape index (κ3) is 2.48. The van der Waals surface area contributed by atoms with Gasteiger partial charge in [0, 0.05) is 18.2 Å². The molecule has 6 heteroatoms. The second-order valence-corrected chi connectivity index (χ2v) is 4.35. The van der Waals surface area contributed by atoms with Gasteiger partial charge in [0.25, 0.3) is 5.69 Å². The van der Waals surface area contributed by atoms with Gasteiger partial charge in [-0.25, -0.2) is 0 Å². The van der Waals surface area contributed by atoms with Gasteiger partial charge >= 0.3 is 5.97 Å². The van der Waals surface area contributed by atoms with Crippen LogP contribution >= 0.6 is 0 Å². The van der Waals surface area contributed by atoms with E-state index in [4.69, 9.17) is 5.11 Å². The van der Waals surface area contributed by atoms with Gasteiger partial charge in [-0.1, -0.05) is 18.2 Å². The van der Waals surface area contributed by atoms with Crippen molar-refractivity contribution in [2.24, 2.45) is 0 Å². The van der Waals surface area contributed by atoms with Crippen molar-refractivity contribution in [2.45, 2.75) is 25.4 Å². The molecule has 1 saturated heterocycles. The molecule has 0 bridgehead atoms. The first-order valence-electron chi connectivity index (χ1n) is 5.78. The lowest BCUT2D eigenvalue weighted by Crippen LogP contribution is -2.35. The first kappa shape index (κ1) is 12.5. The number of carbonyl (C=O) groups is 1. The molecule has 0 aliphatic carbocycles. The third-order valence-corrected chi connectivity index (χ3v) is 3.21. The highest BCUT2D eigenvalue weighted by Gasteiger charge is 2.31. The van der Waals surface area contributed by atoms with Crippen LogP contribution in [0.2, 0.25) is 0 Å². The Bertz CT molecular complexity index is 475. The van der Waals surface area contributed by atoms with Crippen molar-refractivity contribution in [1.29, 1.82) is 0 Å². The fraction of sp³-hybridized carbons (Fsp3) is 0.417. The standard InChI is InChI=1S/C12H14N2O4/c15-12(16)11-6-3-7-13(11)8-9-4-1-2-5-10(9)14(17)18/h1-2,4-5,11H,3,6-8H2,(H,15,16)/t11-/m1/s1. The van der Waals surface area contributed by atoms with Gasteiger partial charge in [-0.3, -0.25) is 19.8 Å². The lowest BCUT2D eigenvalue weighted by molar-refractivity contribution is -0.385. The quantitative estimate of drug-likeness (QED) is 0.648. The van der Waals surface area contributed by atoms with E-state index in [1.165, 1.54) is 6.07 Å². The zero-order valence-corrected chi connectivity index (χ0v) is 9.78. The highest BCUT2D eigenvalue weighted by molar-refractivity contribution is 5.73. The second kappa shape index (κ2) is 5.14. The van der Waals surface area contributed by atoms with Crippen molar-refractivity contribution in [3.63, 3.8) is 0 Å². The molecule has 0 amide bonds. The Labute approximate surface area is 104 Å². The Morgan fingerprint density at radius 3 is 2.89 bits per heavy atom. The van der Waals surface area contributed by atoms with Crippen LogP contribution in [0.15, 0.2) is 24.3 Å². The van der Waals surface area contributed by atoms with Crippen LogP contribution in [0.3, 0.4) is 0 Å². The van der Waals surface area contributed by atoms with E-state index in [0.717, 1.165) is 6.42 Å². The Hall–Kier alpha value is -1.95. The fourth-order valence-corrected chi connectivity index (χ4v) is 2.34. The number of para-hydroxylation sites is 1.